The van der Waals surface area contributed by atoms with Gasteiger partial charge in [0, 0.05) is 17.7 Å². The third-order valence-corrected chi connectivity index (χ3v) is 5.76. The molecule has 1 N–H and O–H groups in total. The van der Waals surface area contributed by atoms with Crippen LogP contribution in [0.25, 0.3) is 6.08 Å². The second-order valence-electron chi connectivity index (χ2n) is 7.56. The lowest BCUT2D eigenvalue weighted by atomic mass is 9.79. The summed E-state index contributed by atoms with van der Waals surface area (Å²) in [4.78, 5) is 17.6. The molecule has 0 spiro atoms. The summed E-state index contributed by atoms with van der Waals surface area (Å²) >= 11 is 0. The summed E-state index contributed by atoms with van der Waals surface area (Å²) in [5, 5.41) is 7.71. The van der Waals surface area contributed by atoms with Crippen LogP contribution in [-0.4, -0.2) is 27.7 Å². The molecular formula is C24H22N4O2. The first kappa shape index (κ1) is 18.4. The molecular weight excluding hydrogens is 376 g/mol. The number of carbonyl (C=O) groups excluding carboxylic acids is 1. The summed E-state index contributed by atoms with van der Waals surface area (Å²) in [6.07, 6.45) is 6.84. The first-order valence-electron chi connectivity index (χ1n) is 10.0. The largest absolute Gasteiger partial charge is 0.497 e. The summed E-state index contributed by atoms with van der Waals surface area (Å²) in [7, 11) is 1.65. The zero-order valence-corrected chi connectivity index (χ0v) is 16.7. The van der Waals surface area contributed by atoms with Gasteiger partial charge in [0.05, 0.1) is 7.11 Å². The van der Waals surface area contributed by atoms with Crippen molar-refractivity contribution in [1.82, 2.24) is 14.8 Å². The molecule has 0 amide bonds. The minimum Gasteiger partial charge on any atom is -0.497 e. The van der Waals surface area contributed by atoms with Gasteiger partial charge in [-0.15, -0.1) is 0 Å². The summed E-state index contributed by atoms with van der Waals surface area (Å²) in [6.45, 7) is 0. The highest BCUT2D eigenvalue weighted by atomic mass is 16.5. The molecule has 150 valence electrons. The fraction of sp³-hybridized carbons (Fsp3) is 0.208. The molecule has 1 aliphatic heterocycles. The third kappa shape index (κ3) is 3.30. The van der Waals surface area contributed by atoms with Gasteiger partial charge in [-0.25, -0.2) is 4.68 Å². The smallest absolute Gasteiger partial charge is 0.226 e. The molecule has 6 nitrogen and oxygen atoms in total. The summed E-state index contributed by atoms with van der Waals surface area (Å²) in [5.41, 5.74) is 3.94. The summed E-state index contributed by atoms with van der Waals surface area (Å²) in [6, 6.07) is 17.8. The Hall–Kier alpha value is -3.67. The predicted molar refractivity (Wildman–Crippen MR) is 115 cm³/mol. The Morgan fingerprint density at radius 2 is 1.90 bits per heavy atom. The van der Waals surface area contributed by atoms with E-state index in [2.05, 4.69) is 15.4 Å². The maximum atomic E-state index is 13.3. The Morgan fingerprint density at radius 3 is 2.67 bits per heavy atom. The van der Waals surface area contributed by atoms with E-state index in [-0.39, 0.29) is 17.7 Å². The van der Waals surface area contributed by atoms with E-state index in [1.54, 1.807) is 11.8 Å². The van der Waals surface area contributed by atoms with Crippen molar-refractivity contribution in [2.75, 3.05) is 12.4 Å². The van der Waals surface area contributed by atoms with Crippen LogP contribution in [0.2, 0.25) is 0 Å². The monoisotopic (exact) mass is 398 g/mol. The minimum absolute atomic E-state index is 0.128. The van der Waals surface area contributed by atoms with Gasteiger partial charge in [0.2, 0.25) is 5.95 Å². The van der Waals surface area contributed by atoms with Crippen LogP contribution < -0.4 is 10.1 Å². The Labute approximate surface area is 174 Å². The molecule has 0 saturated carbocycles. The molecule has 6 heteroatoms. The van der Waals surface area contributed by atoms with Gasteiger partial charge < -0.3 is 10.1 Å². The first-order chi connectivity index (χ1) is 14.7. The number of nitrogens with one attached hydrogen (secondary N) is 1. The number of ketones is 1. The van der Waals surface area contributed by atoms with Crippen molar-refractivity contribution < 1.29 is 9.53 Å². The molecule has 0 saturated heterocycles. The lowest BCUT2D eigenvalue weighted by Crippen LogP contribution is -2.32. The number of aromatic nitrogens is 3. The zero-order chi connectivity index (χ0) is 20.5. The van der Waals surface area contributed by atoms with Crippen LogP contribution >= 0.6 is 0 Å². The number of Topliss-reactive ketones (excluding diaryl/α,β-unsaturated/α-hetero) is 1. The molecule has 1 aliphatic carbocycles. The number of allylic oxidation sites excluding steroid dienone is 3. The SMILES string of the molecule is COc1ccc([C@@H]2CC(=O)C3=C(C2)Nc2ncnn2[C@@H]3/C=C/c2ccccc2)cc1. The van der Waals surface area contributed by atoms with E-state index in [0.29, 0.717) is 12.4 Å². The van der Waals surface area contributed by atoms with E-state index < -0.39 is 0 Å². The average molecular weight is 398 g/mol. The number of hydrogen-bond acceptors (Lipinski definition) is 5. The molecule has 30 heavy (non-hydrogen) atoms. The van der Waals surface area contributed by atoms with Gasteiger partial charge in [-0.1, -0.05) is 54.6 Å². The zero-order valence-electron chi connectivity index (χ0n) is 16.7. The standard InChI is InChI=1S/C24H22N4O2/c1-30-19-10-8-17(9-11-19)18-13-20-23(22(29)14-18)21(28-24(27-20)25-15-26-28)12-7-16-5-3-2-4-6-16/h2-12,15,18,21H,13-14H2,1H3,(H,25,26,27)/b12-7+/t18-,21+/m0/s1. The van der Waals surface area contributed by atoms with Crippen molar-refractivity contribution in [2.24, 2.45) is 0 Å². The lowest BCUT2D eigenvalue weighted by Gasteiger charge is -2.34. The first-order valence-corrected chi connectivity index (χ1v) is 10.0. The molecule has 0 fully saturated rings. The second kappa shape index (κ2) is 7.63. The Morgan fingerprint density at radius 1 is 1.10 bits per heavy atom. The number of anilines is 1. The highest BCUT2D eigenvalue weighted by Gasteiger charge is 2.37. The topological polar surface area (TPSA) is 69.0 Å². The van der Waals surface area contributed by atoms with Crippen molar-refractivity contribution in [3.63, 3.8) is 0 Å². The van der Waals surface area contributed by atoms with Crippen molar-refractivity contribution in [1.29, 1.82) is 0 Å². The van der Waals surface area contributed by atoms with Crippen molar-refractivity contribution >= 4 is 17.8 Å². The number of hydrogen-bond donors (Lipinski definition) is 1. The summed E-state index contributed by atoms with van der Waals surface area (Å²) < 4.78 is 7.04. The number of methoxy groups -OCH3 is 1. The lowest BCUT2D eigenvalue weighted by molar-refractivity contribution is -0.116. The van der Waals surface area contributed by atoms with Crippen molar-refractivity contribution in [2.45, 2.75) is 24.8 Å². The number of ether oxygens (including phenoxy) is 1. The van der Waals surface area contributed by atoms with E-state index in [1.165, 1.54) is 6.33 Å². The second-order valence-corrected chi connectivity index (χ2v) is 7.56. The van der Waals surface area contributed by atoms with E-state index in [1.807, 2.05) is 66.7 Å². The number of benzene rings is 2. The Kier molecular flexibility index (Phi) is 4.67. The maximum Gasteiger partial charge on any atom is 0.226 e. The minimum atomic E-state index is -0.261. The molecule has 2 aromatic carbocycles. The number of fused-ring (bicyclic) bond motifs is 1. The number of nitrogens with zero attached hydrogens (tertiary/aromatic N) is 3. The van der Waals surface area contributed by atoms with E-state index in [9.17, 15) is 4.79 Å². The molecule has 0 radical (unpaired) electrons. The van der Waals surface area contributed by atoms with Crippen molar-refractivity contribution in [3.8, 4) is 5.75 Å². The van der Waals surface area contributed by atoms with Gasteiger partial charge in [0.1, 0.15) is 18.1 Å². The molecule has 2 atom stereocenters. The molecule has 3 aromatic rings. The van der Waals surface area contributed by atoms with E-state index in [4.69, 9.17) is 4.74 Å². The molecule has 0 unspecified atom stereocenters. The van der Waals surface area contributed by atoms with E-state index in [0.717, 1.165) is 34.6 Å². The quantitative estimate of drug-likeness (QED) is 0.707. The van der Waals surface area contributed by atoms with Crippen LogP contribution in [-0.2, 0) is 4.79 Å². The molecule has 2 heterocycles. The Bertz CT molecular complexity index is 1130. The van der Waals surface area contributed by atoms with Crippen LogP contribution in [0, 0.1) is 0 Å². The average Bonchev–Trinajstić information content (AvgIpc) is 3.26. The molecule has 2 aliphatic rings. The molecule has 1 aromatic heterocycles. The van der Waals surface area contributed by atoms with Crippen LogP contribution in [0.1, 0.15) is 35.9 Å². The fourth-order valence-corrected chi connectivity index (χ4v) is 4.25. The molecule has 5 rings (SSSR count). The normalized spacial score (nSPS) is 20.6. The van der Waals surface area contributed by atoms with Gasteiger partial charge >= 0.3 is 0 Å². The van der Waals surface area contributed by atoms with Gasteiger partial charge in [-0.05, 0) is 35.6 Å². The van der Waals surface area contributed by atoms with Crippen molar-refractivity contribution in [3.05, 3.63) is 89.4 Å². The maximum absolute atomic E-state index is 13.3. The van der Waals surface area contributed by atoms with Gasteiger partial charge in [0.25, 0.3) is 0 Å². The van der Waals surface area contributed by atoms with Gasteiger partial charge in [-0.2, -0.15) is 10.1 Å². The van der Waals surface area contributed by atoms with E-state index >= 15 is 0 Å². The third-order valence-electron chi connectivity index (χ3n) is 5.76. The van der Waals surface area contributed by atoms with Gasteiger partial charge in [0.15, 0.2) is 5.78 Å². The number of carbonyl (C=O) groups is 1. The highest BCUT2D eigenvalue weighted by molar-refractivity contribution is 6.00. The van der Waals surface area contributed by atoms with Crippen LogP contribution in [0.5, 0.6) is 5.75 Å². The predicted octanol–water partition coefficient (Wildman–Crippen LogP) is 4.37. The van der Waals surface area contributed by atoms with Gasteiger partial charge in [-0.3, -0.25) is 4.79 Å². The number of rotatable bonds is 4. The summed E-state index contributed by atoms with van der Waals surface area (Å²) in [5.74, 6) is 1.76. The van der Waals surface area contributed by atoms with Crippen LogP contribution in [0.4, 0.5) is 5.95 Å². The van der Waals surface area contributed by atoms with Crippen LogP contribution in [0.15, 0.2) is 78.3 Å². The molecule has 0 bridgehead atoms. The highest BCUT2D eigenvalue weighted by Crippen LogP contribution is 2.42. The Balaban J connectivity index is 1.49. The van der Waals surface area contributed by atoms with Crippen LogP contribution in [0.3, 0.4) is 0 Å². The fourth-order valence-electron chi connectivity index (χ4n) is 4.25.